The molecule has 0 amide bonds. The maximum Gasteiger partial charge on any atom is 0.337 e. The van der Waals surface area contributed by atoms with E-state index in [2.05, 4.69) is 34.3 Å². The fraction of sp³-hybridized carbons (Fsp3) is 0.238. The predicted octanol–water partition coefficient (Wildman–Crippen LogP) is 3.16. The van der Waals surface area contributed by atoms with Crippen LogP contribution in [0.2, 0.25) is 0 Å². The quantitative estimate of drug-likeness (QED) is 0.667. The molecule has 6 heteroatoms. The molecular formula is C21H21N3O3. The summed E-state index contributed by atoms with van der Waals surface area (Å²) in [6, 6.07) is 17.6. The molecule has 0 atom stereocenters. The molecule has 4 rings (SSSR count). The summed E-state index contributed by atoms with van der Waals surface area (Å²) < 4.78 is 11.9. The highest BCUT2D eigenvalue weighted by molar-refractivity contribution is 5.89. The lowest BCUT2D eigenvalue weighted by atomic mass is 10.1. The maximum absolute atomic E-state index is 11.7. The molecule has 6 nitrogen and oxygen atoms in total. The Bertz CT molecular complexity index is 928. The Balaban J connectivity index is 1.55. The monoisotopic (exact) mass is 363 g/mol. The van der Waals surface area contributed by atoms with Crippen molar-refractivity contribution in [2.45, 2.75) is 0 Å². The Labute approximate surface area is 157 Å². The minimum atomic E-state index is -0.358. The van der Waals surface area contributed by atoms with Crippen LogP contribution in [0, 0.1) is 0 Å². The number of carbonyl (C=O) groups is 1. The summed E-state index contributed by atoms with van der Waals surface area (Å²) in [5.74, 6) is -0.358. The molecule has 2 heterocycles. The maximum atomic E-state index is 11.7. The average molecular weight is 363 g/mol. The van der Waals surface area contributed by atoms with Gasteiger partial charge in [0.1, 0.15) is 0 Å². The van der Waals surface area contributed by atoms with Gasteiger partial charge >= 0.3 is 5.97 Å². The SMILES string of the molecule is COC(=O)c1cccc(-n2ccc(-c3ccc(N4CCOCC4)cc3)n2)c1. The van der Waals surface area contributed by atoms with Gasteiger partial charge in [-0.25, -0.2) is 9.48 Å². The number of nitrogens with zero attached hydrogens (tertiary/aromatic N) is 3. The van der Waals surface area contributed by atoms with Crippen molar-refractivity contribution in [3.05, 3.63) is 66.4 Å². The third kappa shape index (κ3) is 3.71. The minimum absolute atomic E-state index is 0.358. The number of anilines is 1. The Morgan fingerprint density at radius 3 is 2.56 bits per heavy atom. The number of aromatic nitrogens is 2. The topological polar surface area (TPSA) is 56.6 Å². The number of hydrogen-bond acceptors (Lipinski definition) is 5. The third-order valence-electron chi connectivity index (χ3n) is 4.66. The second-order valence-electron chi connectivity index (χ2n) is 6.33. The van der Waals surface area contributed by atoms with E-state index in [1.54, 1.807) is 16.8 Å². The van der Waals surface area contributed by atoms with E-state index in [9.17, 15) is 4.79 Å². The molecule has 1 fully saturated rings. The van der Waals surface area contributed by atoms with Crippen LogP contribution in [-0.2, 0) is 9.47 Å². The highest BCUT2D eigenvalue weighted by Gasteiger charge is 2.12. The summed E-state index contributed by atoms with van der Waals surface area (Å²) >= 11 is 0. The Kier molecular flexibility index (Phi) is 4.89. The lowest BCUT2D eigenvalue weighted by molar-refractivity contribution is 0.0600. The van der Waals surface area contributed by atoms with Crippen molar-refractivity contribution in [1.82, 2.24) is 9.78 Å². The van der Waals surface area contributed by atoms with E-state index < -0.39 is 0 Å². The van der Waals surface area contributed by atoms with Crippen LogP contribution in [-0.4, -0.2) is 49.2 Å². The molecule has 0 spiro atoms. The van der Waals surface area contributed by atoms with E-state index in [0.717, 1.165) is 43.2 Å². The van der Waals surface area contributed by atoms with Crippen LogP contribution in [0.3, 0.4) is 0 Å². The van der Waals surface area contributed by atoms with Crippen molar-refractivity contribution in [3.8, 4) is 16.9 Å². The number of benzene rings is 2. The van der Waals surface area contributed by atoms with Crippen LogP contribution in [0.15, 0.2) is 60.8 Å². The zero-order chi connectivity index (χ0) is 18.6. The fourth-order valence-electron chi connectivity index (χ4n) is 3.18. The first kappa shape index (κ1) is 17.3. The van der Waals surface area contributed by atoms with Crippen molar-refractivity contribution in [1.29, 1.82) is 0 Å². The number of morpholine rings is 1. The zero-order valence-electron chi connectivity index (χ0n) is 15.2. The first-order chi connectivity index (χ1) is 13.2. The Hall–Kier alpha value is -3.12. The number of rotatable bonds is 4. The molecule has 1 aliphatic heterocycles. The summed E-state index contributed by atoms with van der Waals surface area (Å²) in [6.07, 6.45) is 1.89. The van der Waals surface area contributed by atoms with Gasteiger partial charge in [-0.2, -0.15) is 5.10 Å². The molecule has 138 valence electrons. The number of carbonyl (C=O) groups excluding carboxylic acids is 1. The lowest BCUT2D eigenvalue weighted by Crippen LogP contribution is -2.36. The van der Waals surface area contributed by atoms with Crippen molar-refractivity contribution in [2.75, 3.05) is 38.3 Å². The minimum Gasteiger partial charge on any atom is -0.465 e. The molecule has 2 aromatic carbocycles. The summed E-state index contributed by atoms with van der Waals surface area (Å²) in [6.45, 7) is 3.39. The van der Waals surface area contributed by atoms with Crippen molar-refractivity contribution >= 4 is 11.7 Å². The van der Waals surface area contributed by atoms with Gasteiger partial charge in [0.25, 0.3) is 0 Å². The van der Waals surface area contributed by atoms with Crippen LogP contribution in [0.1, 0.15) is 10.4 Å². The van der Waals surface area contributed by atoms with E-state index in [1.807, 2.05) is 24.4 Å². The molecule has 0 bridgehead atoms. The highest BCUT2D eigenvalue weighted by atomic mass is 16.5. The second kappa shape index (κ2) is 7.63. The average Bonchev–Trinajstić information content (AvgIpc) is 3.24. The molecule has 1 aliphatic rings. The van der Waals surface area contributed by atoms with Crippen LogP contribution < -0.4 is 4.90 Å². The van der Waals surface area contributed by atoms with Crippen molar-refractivity contribution < 1.29 is 14.3 Å². The molecule has 1 saturated heterocycles. The molecule has 1 aromatic heterocycles. The number of esters is 1. The van der Waals surface area contributed by atoms with Crippen LogP contribution in [0.4, 0.5) is 5.69 Å². The molecule has 0 N–H and O–H groups in total. The molecular weight excluding hydrogens is 342 g/mol. The van der Waals surface area contributed by atoms with Gasteiger partial charge in [0.15, 0.2) is 0 Å². The van der Waals surface area contributed by atoms with Crippen molar-refractivity contribution in [3.63, 3.8) is 0 Å². The van der Waals surface area contributed by atoms with Crippen LogP contribution in [0.5, 0.6) is 0 Å². The standard InChI is InChI=1S/C21H21N3O3/c1-26-21(25)17-3-2-4-19(15-17)24-10-9-20(22-24)16-5-7-18(8-6-16)23-11-13-27-14-12-23/h2-10,15H,11-14H2,1H3. The first-order valence-electron chi connectivity index (χ1n) is 8.92. The summed E-state index contributed by atoms with van der Waals surface area (Å²) in [4.78, 5) is 14.0. The third-order valence-corrected chi connectivity index (χ3v) is 4.66. The predicted molar refractivity (Wildman–Crippen MR) is 103 cm³/mol. The molecule has 27 heavy (non-hydrogen) atoms. The number of ether oxygens (including phenoxy) is 2. The normalized spacial score (nSPS) is 14.2. The lowest BCUT2D eigenvalue weighted by Gasteiger charge is -2.28. The zero-order valence-corrected chi connectivity index (χ0v) is 15.2. The highest BCUT2D eigenvalue weighted by Crippen LogP contribution is 2.23. The van der Waals surface area contributed by atoms with Crippen molar-refractivity contribution in [2.24, 2.45) is 0 Å². The van der Waals surface area contributed by atoms with Gasteiger partial charge in [0, 0.05) is 30.5 Å². The van der Waals surface area contributed by atoms with E-state index >= 15 is 0 Å². The van der Waals surface area contributed by atoms with Gasteiger partial charge < -0.3 is 14.4 Å². The van der Waals surface area contributed by atoms with E-state index in [-0.39, 0.29) is 5.97 Å². The Morgan fingerprint density at radius 1 is 1.04 bits per heavy atom. The molecule has 0 saturated carbocycles. The Morgan fingerprint density at radius 2 is 1.81 bits per heavy atom. The number of hydrogen-bond donors (Lipinski definition) is 0. The largest absolute Gasteiger partial charge is 0.465 e. The first-order valence-corrected chi connectivity index (χ1v) is 8.92. The summed E-state index contributed by atoms with van der Waals surface area (Å²) in [5, 5.41) is 4.65. The van der Waals surface area contributed by atoms with Gasteiger partial charge in [0.05, 0.1) is 37.3 Å². The van der Waals surface area contributed by atoms with Gasteiger partial charge in [-0.1, -0.05) is 18.2 Å². The molecule has 0 radical (unpaired) electrons. The van der Waals surface area contributed by atoms with Gasteiger partial charge in [0.2, 0.25) is 0 Å². The van der Waals surface area contributed by atoms with E-state index in [4.69, 9.17) is 9.47 Å². The molecule has 3 aromatic rings. The van der Waals surface area contributed by atoms with Crippen LogP contribution in [0.25, 0.3) is 16.9 Å². The fourth-order valence-corrected chi connectivity index (χ4v) is 3.18. The molecule has 0 unspecified atom stereocenters. The summed E-state index contributed by atoms with van der Waals surface area (Å²) in [5.41, 5.74) is 4.45. The van der Waals surface area contributed by atoms with Crippen LogP contribution >= 0.6 is 0 Å². The smallest absolute Gasteiger partial charge is 0.337 e. The number of methoxy groups -OCH3 is 1. The van der Waals surface area contributed by atoms with E-state index in [0.29, 0.717) is 5.56 Å². The van der Waals surface area contributed by atoms with Gasteiger partial charge in [-0.15, -0.1) is 0 Å². The van der Waals surface area contributed by atoms with E-state index in [1.165, 1.54) is 12.8 Å². The summed E-state index contributed by atoms with van der Waals surface area (Å²) in [7, 11) is 1.38. The molecule has 0 aliphatic carbocycles. The second-order valence-corrected chi connectivity index (χ2v) is 6.33. The van der Waals surface area contributed by atoms with Gasteiger partial charge in [-0.3, -0.25) is 0 Å². The van der Waals surface area contributed by atoms with Gasteiger partial charge in [-0.05, 0) is 36.4 Å².